The van der Waals surface area contributed by atoms with Gasteiger partial charge in [-0.15, -0.1) is 0 Å². The van der Waals surface area contributed by atoms with Crippen molar-refractivity contribution in [2.24, 2.45) is 0 Å². The molecule has 116 valence electrons. The van der Waals surface area contributed by atoms with Gasteiger partial charge in [0.15, 0.2) is 0 Å². The van der Waals surface area contributed by atoms with Gasteiger partial charge in [0.25, 0.3) is 0 Å². The Labute approximate surface area is 121 Å². The molecule has 0 amide bonds. The fourth-order valence-corrected chi connectivity index (χ4v) is 2.52. The van der Waals surface area contributed by atoms with Gasteiger partial charge in [-0.3, -0.25) is 10.1 Å². The standard InChI is InChI=1S/C15H27NO4/c1-3-19-14(17)15(2,16-12-5-6-12)8-4-9-20-13-7-10-18-11-13/h12-13,16H,3-11H2,1-2H3. The van der Waals surface area contributed by atoms with Gasteiger partial charge in [0, 0.05) is 19.3 Å². The highest BCUT2D eigenvalue weighted by Gasteiger charge is 2.39. The van der Waals surface area contributed by atoms with Crippen LogP contribution in [0, 0.1) is 0 Å². The molecule has 1 saturated carbocycles. The quantitative estimate of drug-likeness (QED) is 0.515. The Bertz CT molecular complexity index is 313. The van der Waals surface area contributed by atoms with Gasteiger partial charge in [-0.25, -0.2) is 0 Å². The molecule has 2 aliphatic rings. The molecule has 0 radical (unpaired) electrons. The molecule has 1 aliphatic heterocycles. The largest absolute Gasteiger partial charge is 0.465 e. The third-order valence-electron chi connectivity index (χ3n) is 3.89. The third kappa shape index (κ3) is 4.72. The normalized spacial score (nSPS) is 25.4. The van der Waals surface area contributed by atoms with Crippen molar-refractivity contribution >= 4 is 5.97 Å². The zero-order valence-corrected chi connectivity index (χ0v) is 12.7. The minimum atomic E-state index is -0.577. The summed E-state index contributed by atoms with van der Waals surface area (Å²) >= 11 is 0. The first-order valence-electron chi connectivity index (χ1n) is 7.78. The topological polar surface area (TPSA) is 56.8 Å². The Balaban J connectivity index is 1.72. The number of carbonyl (C=O) groups excluding carboxylic acids is 1. The second-order valence-corrected chi connectivity index (χ2v) is 5.93. The van der Waals surface area contributed by atoms with Gasteiger partial charge in [-0.05, 0) is 46.0 Å². The van der Waals surface area contributed by atoms with Crippen molar-refractivity contribution in [1.82, 2.24) is 5.32 Å². The highest BCUT2D eigenvalue weighted by Crippen LogP contribution is 2.26. The fourth-order valence-electron chi connectivity index (χ4n) is 2.52. The molecule has 5 nitrogen and oxygen atoms in total. The Hall–Kier alpha value is -0.650. The van der Waals surface area contributed by atoms with Gasteiger partial charge in [-0.2, -0.15) is 0 Å². The minimum absolute atomic E-state index is 0.143. The van der Waals surface area contributed by atoms with Crippen molar-refractivity contribution in [3.8, 4) is 0 Å². The van der Waals surface area contributed by atoms with Crippen LogP contribution in [-0.4, -0.2) is 50.1 Å². The van der Waals surface area contributed by atoms with E-state index < -0.39 is 5.54 Å². The number of hydrogen-bond acceptors (Lipinski definition) is 5. The molecule has 2 fully saturated rings. The first-order valence-corrected chi connectivity index (χ1v) is 7.78. The van der Waals surface area contributed by atoms with E-state index in [4.69, 9.17) is 14.2 Å². The van der Waals surface area contributed by atoms with E-state index in [1.165, 1.54) is 0 Å². The molecular weight excluding hydrogens is 258 g/mol. The van der Waals surface area contributed by atoms with Crippen LogP contribution in [0.15, 0.2) is 0 Å². The van der Waals surface area contributed by atoms with Crippen LogP contribution in [-0.2, 0) is 19.0 Å². The van der Waals surface area contributed by atoms with E-state index in [-0.39, 0.29) is 12.1 Å². The lowest BCUT2D eigenvalue weighted by Gasteiger charge is -2.28. The number of ether oxygens (including phenoxy) is 3. The molecule has 0 aromatic heterocycles. The number of esters is 1. The average molecular weight is 285 g/mol. The molecule has 20 heavy (non-hydrogen) atoms. The van der Waals surface area contributed by atoms with Crippen molar-refractivity contribution in [1.29, 1.82) is 0 Å². The van der Waals surface area contributed by atoms with Gasteiger partial charge in [0.2, 0.25) is 0 Å². The second kappa shape index (κ2) is 7.38. The van der Waals surface area contributed by atoms with Crippen molar-refractivity contribution in [3.05, 3.63) is 0 Å². The lowest BCUT2D eigenvalue weighted by atomic mass is 9.95. The Kier molecular flexibility index (Phi) is 5.81. The van der Waals surface area contributed by atoms with Crippen LogP contribution in [0.3, 0.4) is 0 Å². The van der Waals surface area contributed by atoms with Crippen molar-refractivity contribution in [2.75, 3.05) is 26.4 Å². The Morgan fingerprint density at radius 1 is 1.40 bits per heavy atom. The van der Waals surface area contributed by atoms with Crippen LogP contribution in [0.25, 0.3) is 0 Å². The van der Waals surface area contributed by atoms with Crippen LogP contribution >= 0.6 is 0 Å². The van der Waals surface area contributed by atoms with Gasteiger partial charge in [0.1, 0.15) is 5.54 Å². The summed E-state index contributed by atoms with van der Waals surface area (Å²) < 4.78 is 16.2. The zero-order valence-electron chi connectivity index (χ0n) is 12.7. The van der Waals surface area contributed by atoms with Crippen molar-refractivity contribution in [2.45, 2.75) is 63.6 Å². The summed E-state index contributed by atoms with van der Waals surface area (Å²) in [5.74, 6) is -0.143. The SMILES string of the molecule is CCOC(=O)C(C)(CCCOC1CCOC1)NC1CC1. The molecule has 0 aromatic rings. The molecule has 2 rings (SSSR count). The van der Waals surface area contributed by atoms with Crippen LogP contribution in [0.1, 0.15) is 46.0 Å². The fraction of sp³-hybridized carbons (Fsp3) is 0.933. The van der Waals surface area contributed by atoms with Crippen LogP contribution in [0.2, 0.25) is 0 Å². The van der Waals surface area contributed by atoms with E-state index >= 15 is 0 Å². The molecule has 2 unspecified atom stereocenters. The predicted molar refractivity (Wildman–Crippen MR) is 75.6 cm³/mol. The summed E-state index contributed by atoms with van der Waals surface area (Å²) in [5.41, 5.74) is -0.577. The van der Waals surface area contributed by atoms with Crippen LogP contribution in [0.5, 0.6) is 0 Å². The van der Waals surface area contributed by atoms with Gasteiger partial charge < -0.3 is 14.2 Å². The Morgan fingerprint density at radius 3 is 2.80 bits per heavy atom. The summed E-state index contributed by atoms with van der Waals surface area (Å²) in [6, 6.07) is 0.480. The average Bonchev–Trinajstić information content (AvgIpc) is 3.07. The molecule has 1 N–H and O–H groups in total. The van der Waals surface area contributed by atoms with E-state index in [2.05, 4.69) is 5.32 Å². The minimum Gasteiger partial charge on any atom is -0.465 e. The van der Waals surface area contributed by atoms with Crippen molar-refractivity contribution < 1.29 is 19.0 Å². The molecule has 0 bridgehead atoms. The first-order chi connectivity index (χ1) is 9.64. The molecule has 1 aliphatic carbocycles. The monoisotopic (exact) mass is 285 g/mol. The maximum Gasteiger partial charge on any atom is 0.326 e. The molecule has 5 heteroatoms. The smallest absolute Gasteiger partial charge is 0.326 e. The van der Waals surface area contributed by atoms with E-state index in [1.54, 1.807) is 0 Å². The van der Waals surface area contributed by atoms with E-state index in [1.807, 2.05) is 13.8 Å². The Morgan fingerprint density at radius 2 is 2.20 bits per heavy atom. The summed E-state index contributed by atoms with van der Waals surface area (Å²) in [5, 5.41) is 3.43. The summed E-state index contributed by atoms with van der Waals surface area (Å²) in [7, 11) is 0. The maximum atomic E-state index is 12.1. The molecule has 0 aromatic carbocycles. The maximum absolute atomic E-state index is 12.1. The van der Waals surface area contributed by atoms with E-state index in [0.29, 0.717) is 25.9 Å². The predicted octanol–water partition coefficient (Wildman–Crippen LogP) is 1.65. The molecule has 1 heterocycles. The van der Waals surface area contributed by atoms with Gasteiger partial charge in [-0.1, -0.05) is 0 Å². The van der Waals surface area contributed by atoms with Gasteiger partial charge in [0.05, 0.1) is 19.3 Å². The highest BCUT2D eigenvalue weighted by atomic mass is 16.5. The van der Waals surface area contributed by atoms with Gasteiger partial charge >= 0.3 is 5.97 Å². The van der Waals surface area contributed by atoms with Crippen molar-refractivity contribution in [3.63, 3.8) is 0 Å². The second-order valence-electron chi connectivity index (χ2n) is 5.93. The number of rotatable bonds is 9. The van der Waals surface area contributed by atoms with Crippen LogP contribution in [0.4, 0.5) is 0 Å². The lowest BCUT2D eigenvalue weighted by molar-refractivity contribution is -0.151. The molecule has 2 atom stereocenters. The van der Waals surface area contributed by atoms with E-state index in [0.717, 1.165) is 38.7 Å². The summed E-state index contributed by atoms with van der Waals surface area (Å²) in [4.78, 5) is 12.1. The molecule has 0 spiro atoms. The highest BCUT2D eigenvalue weighted by molar-refractivity contribution is 5.80. The summed E-state index contributed by atoms with van der Waals surface area (Å²) in [6.07, 6.45) is 5.13. The third-order valence-corrected chi connectivity index (χ3v) is 3.89. The molecule has 1 saturated heterocycles. The number of carbonyl (C=O) groups is 1. The van der Waals surface area contributed by atoms with E-state index in [9.17, 15) is 4.79 Å². The number of nitrogens with one attached hydrogen (secondary N) is 1. The van der Waals surface area contributed by atoms with Crippen LogP contribution < -0.4 is 5.32 Å². The summed E-state index contributed by atoms with van der Waals surface area (Å²) in [6.45, 7) is 6.40. The first kappa shape index (κ1) is 15.7. The molecular formula is C15H27NO4. The zero-order chi connectivity index (χ0) is 14.4. The number of hydrogen-bond donors (Lipinski definition) is 1. The lowest BCUT2D eigenvalue weighted by Crippen LogP contribution is -2.51.